The zero-order chi connectivity index (χ0) is 18.5. The lowest BCUT2D eigenvalue weighted by Crippen LogP contribution is -2.27. The van der Waals surface area contributed by atoms with Gasteiger partial charge in [0.25, 0.3) is 0 Å². The molecule has 3 aromatic rings. The number of nitrogens with one attached hydrogen (secondary N) is 1. The Kier molecular flexibility index (Phi) is 5.03. The average Bonchev–Trinajstić information content (AvgIpc) is 3.05. The van der Waals surface area contributed by atoms with Gasteiger partial charge >= 0.3 is 0 Å². The molecule has 0 saturated heterocycles. The quantitative estimate of drug-likeness (QED) is 0.549. The SMILES string of the molecule is N#CC(C#N)=Cc1[nH]c2ccccc2c1N(C(=O)CCl)c1ccccc1. The van der Waals surface area contributed by atoms with Gasteiger partial charge in [0.15, 0.2) is 0 Å². The summed E-state index contributed by atoms with van der Waals surface area (Å²) in [6, 6.07) is 20.2. The van der Waals surface area contributed by atoms with Gasteiger partial charge < -0.3 is 4.98 Å². The topological polar surface area (TPSA) is 83.7 Å². The summed E-state index contributed by atoms with van der Waals surface area (Å²) in [4.78, 5) is 17.3. The van der Waals surface area contributed by atoms with Crippen molar-refractivity contribution in [2.75, 3.05) is 10.8 Å². The molecule has 0 fully saturated rings. The number of rotatable bonds is 4. The third-order valence-electron chi connectivity index (χ3n) is 3.84. The number of aromatic nitrogens is 1. The van der Waals surface area contributed by atoms with E-state index in [1.807, 2.05) is 54.6 Å². The molecular formula is C20H13ClN4O. The second kappa shape index (κ2) is 7.57. The average molecular weight is 361 g/mol. The molecule has 1 aromatic heterocycles. The fourth-order valence-corrected chi connectivity index (χ4v) is 2.88. The molecule has 3 rings (SSSR count). The summed E-state index contributed by atoms with van der Waals surface area (Å²) in [6.07, 6.45) is 1.44. The van der Waals surface area contributed by atoms with Crippen LogP contribution in [0.1, 0.15) is 5.69 Å². The molecule has 6 heteroatoms. The first-order valence-corrected chi connectivity index (χ1v) is 8.29. The first-order valence-electron chi connectivity index (χ1n) is 7.76. The number of anilines is 2. The number of fused-ring (bicyclic) bond motifs is 1. The van der Waals surface area contributed by atoms with Crippen LogP contribution in [0.4, 0.5) is 11.4 Å². The van der Waals surface area contributed by atoms with E-state index in [1.54, 1.807) is 12.1 Å². The van der Waals surface area contributed by atoms with Gasteiger partial charge in [-0.1, -0.05) is 36.4 Å². The smallest absolute Gasteiger partial charge is 0.246 e. The van der Waals surface area contributed by atoms with Crippen molar-refractivity contribution in [1.29, 1.82) is 10.5 Å². The monoisotopic (exact) mass is 360 g/mol. The number of para-hydroxylation sites is 2. The second-order valence-corrected chi connectivity index (χ2v) is 5.68. The fourth-order valence-electron chi connectivity index (χ4n) is 2.76. The number of halogens is 1. The largest absolute Gasteiger partial charge is 0.353 e. The Hall–Kier alpha value is -3.54. The van der Waals surface area contributed by atoms with Gasteiger partial charge in [0.1, 0.15) is 23.6 Å². The molecule has 0 bridgehead atoms. The predicted molar refractivity (Wildman–Crippen MR) is 102 cm³/mol. The van der Waals surface area contributed by atoms with Crippen LogP contribution >= 0.6 is 11.6 Å². The Morgan fingerprint density at radius 2 is 1.73 bits per heavy atom. The number of H-pyrrole nitrogens is 1. The maximum atomic E-state index is 12.7. The molecule has 0 aliphatic rings. The third kappa shape index (κ3) is 3.17. The number of hydrogen-bond donors (Lipinski definition) is 1. The van der Waals surface area contributed by atoms with Crippen molar-refractivity contribution in [3.63, 3.8) is 0 Å². The minimum Gasteiger partial charge on any atom is -0.353 e. The molecule has 0 unspecified atom stereocenters. The molecule has 5 nitrogen and oxygen atoms in total. The van der Waals surface area contributed by atoms with Gasteiger partial charge in [-0.15, -0.1) is 11.6 Å². The number of allylic oxidation sites excluding steroid dienone is 1. The first-order chi connectivity index (χ1) is 12.7. The number of alkyl halides is 1. The van der Waals surface area contributed by atoms with Crippen molar-refractivity contribution < 1.29 is 4.79 Å². The maximum Gasteiger partial charge on any atom is 0.246 e. The summed E-state index contributed by atoms with van der Waals surface area (Å²) in [6.45, 7) is 0. The van der Waals surface area contributed by atoms with Crippen LogP contribution in [0.25, 0.3) is 17.0 Å². The summed E-state index contributed by atoms with van der Waals surface area (Å²) in [7, 11) is 0. The number of carbonyl (C=O) groups excluding carboxylic acids is 1. The number of hydrogen-bond acceptors (Lipinski definition) is 3. The number of carbonyl (C=O) groups is 1. The van der Waals surface area contributed by atoms with Crippen LogP contribution in [-0.2, 0) is 4.79 Å². The number of aromatic amines is 1. The van der Waals surface area contributed by atoms with E-state index in [1.165, 1.54) is 11.0 Å². The minimum atomic E-state index is -0.312. The highest BCUT2D eigenvalue weighted by atomic mass is 35.5. The highest BCUT2D eigenvalue weighted by Gasteiger charge is 2.23. The van der Waals surface area contributed by atoms with E-state index in [9.17, 15) is 4.79 Å². The highest BCUT2D eigenvalue weighted by molar-refractivity contribution is 6.31. The van der Waals surface area contributed by atoms with Gasteiger partial charge in [-0.3, -0.25) is 9.69 Å². The summed E-state index contributed by atoms with van der Waals surface area (Å²) < 4.78 is 0. The molecule has 1 N–H and O–H groups in total. The van der Waals surface area contributed by atoms with Crippen LogP contribution in [0.5, 0.6) is 0 Å². The van der Waals surface area contributed by atoms with Gasteiger partial charge in [-0.25, -0.2) is 0 Å². The van der Waals surface area contributed by atoms with Gasteiger partial charge in [0.2, 0.25) is 5.91 Å². The van der Waals surface area contributed by atoms with Gasteiger partial charge in [0, 0.05) is 16.6 Å². The van der Waals surface area contributed by atoms with Crippen LogP contribution in [-0.4, -0.2) is 16.8 Å². The molecule has 0 atom stereocenters. The molecule has 0 saturated carbocycles. The van der Waals surface area contributed by atoms with E-state index < -0.39 is 0 Å². The van der Waals surface area contributed by atoms with Crippen LogP contribution in [0.2, 0.25) is 0 Å². The lowest BCUT2D eigenvalue weighted by Gasteiger charge is -2.22. The standard InChI is InChI=1S/C20H13ClN4O/c21-11-19(26)25(15-6-2-1-3-7-15)20-16-8-4-5-9-17(16)24-18(20)10-14(12-22)13-23/h1-10,24H,11H2. The van der Waals surface area contributed by atoms with E-state index in [-0.39, 0.29) is 17.4 Å². The lowest BCUT2D eigenvalue weighted by molar-refractivity contribution is -0.115. The van der Waals surface area contributed by atoms with Gasteiger partial charge in [0.05, 0.1) is 11.4 Å². The summed E-state index contributed by atoms with van der Waals surface area (Å²) in [5, 5.41) is 19.0. The molecule has 2 aromatic carbocycles. The van der Waals surface area contributed by atoms with E-state index in [0.29, 0.717) is 17.1 Å². The molecule has 126 valence electrons. The van der Waals surface area contributed by atoms with E-state index in [2.05, 4.69) is 4.98 Å². The zero-order valence-electron chi connectivity index (χ0n) is 13.6. The number of amides is 1. The maximum absolute atomic E-state index is 12.7. The third-order valence-corrected chi connectivity index (χ3v) is 4.07. The van der Waals surface area contributed by atoms with Crippen molar-refractivity contribution >= 4 is 45.9 Å². The molecular weight excluding hydrogens is 348 g/mol. The highest BCUT2D eigenvalue weighted by Crippen LogP contribution is 2.37. The van der Waals surface area contributed by atoms with Crippen LogP contribution < -0.4 is 4.90 Å². The van der Waals surface area contributed by atoms with Crippen LogP contribution in [0.15, 0.2) is 60.2 Å². The number of nitrogens with zero attached hydrogens (tertiary/aromatic N) is 3. The molecule has 1 amide bonds. The molecule has 0 spiro atoms. The summed E-state index contributed by atoms with van der Waals surface area (Å²) in [5.74, 6) is -0.520. The zero-order valence-corrected chi connectivity index (χ0v) is 14.4. The molecule has 1 heterocycles. The van der Waals surface area contributed by atoms with Crippen LogP contribution in [0.3, 0.4) is 0 Å². The molecule has 0 aliphatic heterocycles. The van der Waals surface area contributed by atoms with Gasteiger partial charge in [-0.2, -0.15) is 10.5 Å². The second-order valence-electron chi connectivity index (χ2n) is 5.41. The summed E-state index contributed by atoms with van der Waals surface area (Å²) in [5.41, 5.74) is 2.41. The fraction of sp³-hybridized carbons (Fsp3) is 0.0500. The van der Waals surface area contributed by atoms with E-state index in [4.69, 9.17) is 22.1 Å². The minimum absolute atomic E-state index is 0.0656. The van der Waals surface area contributed by atoms with Crippen LogP contribution in [0, 0.1) is 22.7 Å². The first kappa shape index (κ1) is 17.3. The Morgan fingerprint density at radius 1 is 1.08 bits per heavy atom. The van der Waals surface area contributed by atoms with Gasteiger partial charge in [-0.05, 0) is 24.3 Å². The Balaban J connectivity index is 2.33. The molecule has 26 heavy (non-hydrogen) atoms. The lowest BCUT2D eigenvalue weighted by atomic mass is 10.1. The Labute approximate surface area is 155 Å². The summed E-state index contributed by atoms with van der Waals surface area (Å²) >= 11 is 5.86. The van der Waals surface area contributed by atoms with E-state index >= 15 is 0 Å². The molecule has 0 aliphatic carbocycles. The number of nitriles is 2. The van der Waals surface area contributed by atoms with Crippen molar-refractivity contribution in [1.82, 2.24) is 4.98 Å². The Bertz CT molecular complexity index is 1050. The predicted octanol–water partition coefficient (Wildman–Crippen LogP) is 4.50. The molecule has 0 radical (unpaired) electrons. The Morgan fingerprint density at radius 3 is 2.38 bits per heavy atom. The van der Waals surface area contributed by atoms with Crippen molar-refractivity contribution in [3.05, 3.63) is 65.9 Å². The van der Waals surface area contributed by atoms with Crippen molar-refractivity contribution in [3.8, 4) is 12.1 Å². The van der Waals surface area contributed by atoms with E-state index in [0.717, 1.165) is 10.9 Å². The number of benzene rings is 2. The van der Waals surface area contributed by atoms with Crippen molar-refractivity contribution in [2.45, 2.75) is 0 Å². The normalized spacial score (nSPS) is 9.96. The van der Waals surface area contributed by atoms with Crippen molar-refractivity contribution in [2.24, 2.45) is 0 Å².